The quantitative estimate of drug-likeness (QED) is 0.878. The molecule has 3 nitrogen and oxygen atoms in total. The first kappa shape index (κ1) is 17.1. The summed E-state index contributed by atoms with van der Waals surface area (Å²) in [6.07, 6.45) is 4.94. The lowest BCUT2D eigenvalue weighted by atomic mass is 10.1. The highest BCUT2D eigenvalue weighted by atomic mass is 32.1. The van der Waals surface area contributed by atoms with Crippen molar-refractivity contribution in [2.75, 3.05) is 19.6 Å². The van der Waals surface area contributed by atoms with Crippen LogP contribution in [0.15, 0.2) is 41.8 Å². The summed E-state index contributed by atoms with van der Waals surface area (Å²) in [5.41, 5.74) is 0.110. The third-order valence-electron chi connectivity index (χ3n) is 4.53. The Morgan fingerprint density at radius 1 is 1.12 bits per heavy atom. The van der Waals surface area contributed by atoms with Gasteiger partial charge < -0.3 is 5.32 Å². The maximum Gasteiger partial charge on any atom is 0.254 e. The zero-order valence-electron chi connectivity index (χ0n) is 13.7. The van der Waals surface area contributed by atoms with E-state index in [0.717, 1.165) is 13.1 Å². The lowest BCUT2D eigenvalue weighted by Crippen LogP contribution is -2.38. The Hall–Kier alpha value is -1.72. The number of carbonyl (C=O) groups is 1. The molecule has 1 fully saturated rings. The summed E-state index contributed by atoms with van der Waals surface area (Å²) in [4.78, 5) is 16.0. The molecule has 5 heteroatoms. The number of hydrogen-bond donors (Lipinski definition) is 1. The highest BCUT2D eigenvalue weighted by Gasteiger charge is 2.23. The number of likely N-dealkylation sites (tertiary alicyclic amines) is 1. The lowest BCUT2D eigenvalue weighted by molar-refractivity contribution is 0.0930. The minimum atomic E-state index is -0.475. The summed E-state index contributed by atoms with van der Waals surface area (Å²) in [7, 11) is 0. The molecule has 0 spiro atoms. The molecule has 1 aromatic carbocycles. The molecule has 1 N–H and O–H groups in total. The number of rotatable bonds is 5. The summed E-state index contributed by atoms with van der Waals surface area (Å²) in [6.45, 7) is 2.62. The second-order valence-electron chi connectivity index (χ2n) is 6.17. The standard InChI is InChI=1S/C19H23FN2OS/c20-16-9-4-3-8-15(16)19(23)21-14-17(18-10-7-13-24-18)22-11-5-1-2-6-12-22/h3-4,7-10,13,17H,1-2,5-6,11-12,14H2,(H,21,23). The van der Waals surface area contributed by atoms with E-state index in [4.69, 9.17) is 0 Å². The van der Waals surface area contributed by atoms with Crippen molar-refractivity contribution in [3.05, 3.63) is 58.0 Å². The molecule has 2 aromatic rings. The van der Waals surface area contributed by atoms with Gasteiger partial charge in [0.2, 0.25) is 0 Å². The molecule has 128 valence electrons. The predicted octanol–water partition coefficient (Wildman–Crippen LogP) is 4.23. The molecule has 2 heterocycles. The number of nitrogens with one attached hydrogen (secondary N) is 1. The van der Waals surface area contributed by atoms with Gasteiger partial charge >= 0.3 is 0 Å². The first-order valence-electron chi connectivity index (χ1n) is 8.56. The number of carbonyl (C=O) groups excluding carboxylic acids is 1. The van der Waals surface area contributed by atoms with Gasteiger partial charge in [-0.1, -0.05) is 31.0 Å². The SMILES string of the molecule is O=C(NCC(c1cccs1)N1CCCCCC1)c1ccccc1F. The Balaban J connectivity index is 1.70. The molecule has 0 bridgehead atoms. The van der Waals surface area contributed by atoms with Gasteiger partial charge in [0.15, 0.2) is 0 Å². The predicted molar refractivity (Wildman–Crippen MR) is 95.8 cm³/mol. The van der Waals surface area contributed by atoms with Crippen molar-refractivity contribution in [3.63, 3.8) is 0 Å². The van der Waals surface area contributed by atoms with E-state index in [-0.39, 0.29) is 17.5 Å². The van der Waals surface area contributed by atoms with Crippen LogP contribution in [-0.4, -0.2) is 30.4 Å². The summed E-state index contributed by atoms with van der Waals surface area (Å²) in [5, 5.41) is 5.00. The number of thiophene rings is 1. The lowest BCUT2D eigenvalue weighted by Gasteiger charge is -2.30. The van der Waals surface area contributed by atoms with Gasteiger partial charge in [0, 0.05) is 11.4 Å². The molecule has 1 unspecified atom stereocenters. The Morgan fingerprint density at radius 3 is 2.54 bits per heavy atom. The second-order valence-corrected chi connectivity index (χ2v) is 7.15. The van der Waals surface area contributed by atoms with Crippen molar-refractivity contribution >= 4 is 17.2 Å². The van der Waals surface area contributed by atoms with Crippen molar-refractivity contribution in [1.82, 2.24) is 10.2 Å². The van der Waals surface area contributed by atoms with Crippen molar-refractivity contribution < 1.29 is 9.18 Å². The fourth-order valence-corrected chi connectivity index (χ4v) is 4.09. The Morgan fingerprint density at radius 2 is 1.88 bits per heavy atom. The summed E-state index contributed by atoms with van der Waals surface area (Å²) in [6, 6.07) is 10.5. The van der Waals surface area contributed by atoms with E-state index in [9.17, 15) is 9.18 Å². The molecule has 1 aliphatic rings. The van der Waals surface area contributed by atoms with E-state index < -0.39 is 5.82 Å². The highest BCUT2D eigenvalue weighted by Crippen LogP contribution is 2.27. The van der Waals surface area contributed by atoms with Gasteiger partial charge in [-0.05, 0) is 49.5 Å². The van der Waals surface area contributed by atoms with Crippen molar-refractivity contribution in [1.29, 1.82) is 0 Å². The topological polar surface area (TPSA) is 32.3 Å². The average molecular weight is 346 g/mol. The zero-order valence-corrected chi connectivity index (χ0v) is 14.5. The van der Waals surface area contributed by atoms with Crippen molar-refractivity contribution in [2.24, 2.45) is 0 Å². The monoisotopic (exact) mass is 346 g/mol. The van der Waals surface area contributed by atoms with E-state index in [1.807, 2.05) is 6.07 Å². The maximum absolute atomic E-state index is 13.8. The van der Waals surface area contributed by atoms with Crippen LogP contribution in [0.25, 0.3) is 0 Å². The van der Waals surface area contributed by atoms with E-state index in [1.165, 1.54) is 42.7 Å². The number of nitrogens with zero attached hydrogens (tertiary/aromatic N) is 1. The third-order valence-corrected chi connectivity index (χ3v) is 5.50. The van der Waals surface area contributed by atoms with Crippen LogP contribution in [-0.2, 0) is 0 Å². The minimum absolute atomic E-state index is 0.110. The summed E-state index contributed by atoms with van der Waals surface area (Å²) in [5.74, 6) is -0.818. The second kappa shape index (κ2) is 8.40. The van der Waals surface area contributed by atoms with Crippen LogP contribution in [0.1, 0.15) is 47.0 Å². The van der Waals surface area contributed by atoms with Crippen molar-refractivity contribution in [3.8, 4) is 0 Å². The van der Waals surface area contributed by atoms with Gasteiger partial charge in [0.05, 0.1) is 11.6 Å². The molecular weight excluding hydrogens is 323 g/mol. The van der Waals surface area contributed by atoms with Crippen LogP contribution in [0, 0.1) is 5.82 Å². The van der Waals surface area contributed by atoms with Crippen LogP contribution in [0.4, 0.5) is 4.39 Å². The fraction of sp³-hybridized carbons (Fsp3) is 0.421. The number of hydrogen-bond acceptors (Lipinski definition) is 3. The Kier molecular flexibility index (Phi) is 5.99. The normalized spacial score (nSPS) is 17.2. The van der Waals surface area contributed by atoms with Crippen LogP contribution >= 0.6 is 11.3 Å². The Bertz CT molecular complexity index is 651. The van der Waals surface area contributed by atoms with Gasteiger partial charge in [-0.15, -0.1) is 11.3 Å². The van der Waals surface area contributed by atoms with Crippen LogP contribution < -0.4 is 5.32 Å². The number of benzene rings is 1. The molecule has 0 radical (unpaired) electrons. The molecule has 1 atom stereocenters. The van der Waals surface area contributed by atoms with E-state index in [0.29, 0.717) is 6.54 Å². The van der Waals surface area contributed by atoms with E-state index >= 15 is 0 Å². The van der Waals surface area contributed by atoms with Gasteiger partial charge in [0.1, 0.15) is 5.82 Å². The molecule has 24 heavy (non-hydrogen) atoms. The largest absolute Gasteiger partial charge is 0.350 e. The third kappa shape index (κ3) is 4.22. The summed E-state index contributed by atoms with van der Waals surface area (Å²) < 4.78 is 13.8. The number of amides is 1. The molecule has 1 amide bonds. The van der Waals surface area contributed by atoms with E-state index in [1.54, 1.807) is 23.5 Å². The molecule has 0 aliphatic carbocycles. The maximum atomic E-state index is 13.8. The molecule has 3 rings (SSSR count). The average Bonchev–Trinajstić information content (AvgIpc) is 2.98. The first-order valence-corrected chi connectivity index (χ1v) is 9.44. The summed E-state index contributed by atoms with van der Waals surface area (Å²) >= 11 is 1.72. The molecule has 1 aromatic heterocycles. The van der Waals surface area contributed by atoms with Gasteiger partial charge in [-0.25, -0.2) is 4.39 Å². The number of halogens is 1. The fourth-order valence-electron chi connectivity index (χ4n) is 3.23. The molecular formula is C19H23FN2OS. The molecule has 1 aliphatic heterocycles. The van der Waals surface area contributed by atoms with Gasteiger partial charge in [-0.2, -0.15) is 0 Å². The van der Waals surface area contributed by atoms with Crippen LogP contribution in [0.5, 0.6) is 0 Å². The van der Waals surface area contributed by atoms with E-state index in [2.05, 4.69) is 21.7 Å². The first-order chi connectivity index (χ1) is 11.8. The Labute approximate surface area is 146 Å². The van der Waals surface area contributed by atoms with Gasteiger partial charge in [-0.3, -0.25) is 9.69 Å². The van der Waals surface area contributed by atoms with Crippen molar-refractivity contribution in [2.45, 2.75) is 31.7 Å². The van der Waals surface area contributed by atoms with Crippen LogP contribution in [0.3, 0.4) is 0 Å². The highest BCUT2D eigenvalue weighted by molar-refractivity contribution is 7.10. The van der Waals surface area contributed by atoms with Crippen LogP contribution in [0.2, 0.25) is 0 Å². The minimum Gasteiger partial charge on any atom is -0.350 e. The zero-order chi connectivity index (χ0) is 16.8. The van der Waals surface area contributed by atoms with Gasteiger partial charge in [0.25, 0.3) is 5.91 Å². The molecule has 0 saturated carbocycles. The molecule has 1 saturated heterocycles. The smallest absolute Gasteiger partial charge is 0.254 e.